The number of nitrogens with zero attached hydrogens (tertiary/aromatic N) is 2. The average molecular weight is 255 g/mol. The Kier molecular flexibility index (Phi) is 2.43. The van der Waals surface area contributed by atoms with Crippen molar-refractivity contribution in [3.63, 3.8) is 0 Å². The lowest BCUT2D eigenvalue weighted by Gasteiger charge is -2.32. The first-order valence-corrected chi connectivity index (χ1v) is 6.47. The molecule has 92 valence electrons. The van der Waals surface area contributed by atoms with Crippen LogP contribution in [-0.4, -0.2) is 20.6 Å². The van der Waals surface area contributed by atoms with E-state index in [1.54, 1.807) is 0 Å². The predicted molar refractivity (Wildman–Crippen MR) is 63.4 cm³/mol. The molecule has 3 rings (SSSR count). The maximum absolute atomic E-state index is 11.2. The zero-order valence-electron chi connectivity index (χ0n) is 9.58. The molecular formula is C12H15ClN2O2. The number of carboxylic acid groups (broad SMARTS) is 1. The van der Waals surface area contributed by atoms with E-state index in [0.717, 1.165) is 18.8 Å². The van der Waals surface area contributed by atoms with Gasteiger partial charge in [0.2, 0.25) is 0 Å². The summed E-state index contributed by atoms with van der Waals surface area (Å²) in [6.07, 6.45) is 7.07. The summed E-state index contributed by atoms with van der Waals surface area (Å²) in [7, 11) is 0. The van der Waals surface area contributed by atoms with Gasteiger partial charge >= 0.3 is 5.97 Å². The second kappa shape index (κ2) is 3.73. The fourth-order valence-electron chi connectivity index (χ4n) is 3.34. The van der Waals surface area contributed by atoms with Crippen molar-refractivity contribution in [2.24, 2.45) is 5.41 Å². The summed E-state index contributed by atoms with van der Waals surface area (Å²) in [5.41, 5.74) is 0.430. The zero-order chi connectivity index (χ0) is 12.0. The maximum Gasteiger partial charge on any atom is 0.355 e. The van der Waals surface area contributed by atoms with Gasteiger partial charge in [-0.1, -0.05) is 30.9 Å². The molecule has 0 unspecified atom stereocenters. The molecule has 0 radical (unpaired) electrons. The number of carboxylic acids is 1. The van der Waals surface area contributed by atoms with Crippen LogP contribution in [0.1, 0.15) is 48.4 Å². The van der Waals surface area contributed by atoms with Crippen LogP contribution in [0.4, 0.5) is 0 Å². The number of aromatic nitrogens is 2. The Morgan fingerprint density at radius 3 is 2.71 bits per heavy atom. The monoisotopic (exact) mass is 254 g/mol. The molecule has 1 N–H and O–H groups in total. The Balaban J connectivity index is 1.96. The molecule has 2 aliphatic rings. The van der Waals surface area contributed by atoms with Crippen molar-refractivity contribution < 1.29 is 9.90 Å². The van der Waals surface area contributed by atoms with Gasteiger partial charge in [-0.2, -0.15) is 0 Å². The first kappa shape index (κ1) is 11.1. The summed E-state index contributed by atoms with van der Waals surface area (Å²) in [4.78, 5) is 15.4. The normalized spacial score (nSPS) is 21.7. The Bertz CT molecular complexity index is 475. The highest BCUT2D eigenvalue weighted by Crippen LogP contribution is 2.45. The summed E-state index contributed by atoms with van der Waals surface area (Å²) in [5.74, 6) is -0.115. The van der Waals surface area contributed by atoms with Crippen molar-refractivity contribution >= 4 is 17.6 Å². The third kappa shape index (κ3) is 1.66. The Morgan fingerprint density at radius 1 is 1.35 bits per heavy atom. The highest BCUT2D eigenvalue weighted by atomic mass is 35.5. The molecule has 1 fully saturated rings. The molecule has 17 heavy (non-hydrogen) atoms. The SMILES string of the molecule is O=C(O)c1c(Cl)nc2n1CC1(CCCCC1)C2. The van der Waals surface area contributed by atoms with Gasteiger partial charge in [-0.15, -0.1) is 0 Å². The lowest BCUT2D eigenvalue weighted by atomic mass is 9.73. The molecule has 4 nitrogen and oxygen atoms in total. The van der Waals surface area contributed by atoms with E-state index < -0.39 is 5.97 Å². The average Bonchev–Trinajstić information content (AvgIpc) is 2.71. The summed E-state index contributed by atoms with van der Waals surface area (Å²) in [6.45, 7) is 0.781. The summed E-state index contributed by atoms with van der Waals surface area (Å²) in [5, 5.41) is 9.30. The van der Waals surface area contributed by atoms with Crippen molar-refractivity contribution in [3.05, 3.63) is 16.7 Å². The van der Waals surface area contributed by atoms with Crippen molar-refractivity contribution in [3.8, 4) is 0 Å². The second-order valence-electron chi connectivity index (χ2n) is 5.30. The van der Waals surface area contributed by atoms with Crippen LogP contribution in [0.5, 0.6) is 0 Å². The van der Waals surface area contributed by atoms with Crippen molar-refractivity contribution in [2.45, 2.75) is 45.1 Å². The molecule has 2 heterocycles. The first-order chi connectivity index (χ1) is 8.11. The largest absolute Gasteiger partial charge is 0.476 e. The summed E-state index contributed by atoms with van der Waals surface area (Å²) in [6, 6.07) is 0. The van der Waals surface area contributed by atoms with Gasteiger partial charge in [0.25, 0.3) is 0 Å². The smallest absolute Gasteiger partial charge is 0.355 e. The lowest BCUT2D eigenvalue weighted by molar-refractivity contribution is 0.0682. The van der Waals surface area contributed by atoms with E-state index in [-0.39, 0.29) is 16.3 Å². The summed E-state index contributed by atoms with van der Waals surface area (Å²) >= 11 is 5.87. The van der Waals surface area contributed by atoms with Gasteiger partial charge in [-0.25, -0.2) is 9.78 Å². The number of imidazole rings is 1. The Labute approximate surface area is 105 Å². The van der Waals surface area contributed by atoms with Gasteiger partial charge in [-0.3, -0.25) is 0 Å². The van der Waals surface area contributed by atoms with Gasteiger partial charge in [-0.05, 0) is 18.3 Å². The molecular weight excluding hydrogens is 240 g/mol. The van der Waals surface area contributed by atoms with Crippen LogP contribution in [0.25, 0.3) is 0 Å². The van der Waals surface area contributed by atoms with Crippen LogP contribution in [-0.2, 0) is 13.0 Å². The minimum Gasteiger partial charge on any atom is -0.476 e. The molecule has 1 aromatic rings. The number of hydrogen-bond acceptors (Lipinski definition) is 2. The molecule has 1 aromatic heterocycles. The molecule has 0 bridgehead atoms. The zero-order valence-corrected chi connectivity index (χ0v) is 10.3. The van der Waals surface area contributed by atoms with Gasteiger partial charge in [0.1, 0.15) is 5.82 Å². The second-order valence-corrected chi connectivity index (χ2v) is 5.65. The van der Waals surface area contributed by atoms with Crippen LogP contribution in [0.15, 0.2) is 0 Å². The van der Waals surface area contributed by atoms with E-state index in [1.807, 2.05) is 4.57 Å². The molecule has 1 aliphatic heterocycles. The highest BCUT2D eigenvalue weighted by Gasteiger charge is 2.41. The fraction of sp³-hybridized carbons (Fsp3) is 0.667. The third-order valence-corrected chi connectivity index (χ3v) is 4.41. The standard InChI is InChI=1S/C12H15ClN2O2/c13-10-9(11(16)17)15-7-12(6-8(15)14-10)4-2-1-3-5-12/h1-7H2,(H,16,17). The number of carbonyl (C=O) groups is 1. The van der Waals surface area contributed by atoms with Gasteiger partial charge in [0, 0.05) is 13.0 Å². The van der Waals surface area contributed by atoms with E-state index in [9.17, 15) is 4.79 Å². The van der Waals surface area contributed by atoms with Gasteiger partial charge < -0.3 is 9.67 Å². The first-order valence-electron chi connectivity index (χ1n) is 6.10. The molecule has 0 amide bonds. The minimum absolute atomic E-state index is 0.137. The van der Waals surface area contributed by atoms with Crippen LogP contribution in [0.2, 0.25) is 5.15 Å². The van der Waals surface area contributed by atoms with E-state index in [0.29, 0.717) is 0 Å². The van der Waals surface area contributed by atoms with E-state index >= 15 is 0 Å². The quantitative estimate of drug-likeness (QED) is 0.838. The van der Waals surface area contributed by atoms with E-state index in [4.69, 9.17) is 16.7 Å². The predicted octanol–water partition coefficient (Wildman–Crippen LogP) is 2.74. The number of rotatable bonds is 1. The van der Waals surface area contributed by atoms with E-state index in [1.165, 1.54) is 32.1 Å². The molecule has 0 saturated heterocycles. The van der Waals surface area contributed by atoms with Gasteiger partial charge in [0.15, 0.2) is 10.8 Å². The van der Waals surface area contributed by atoms with Crippen LogP contribution in [0.3, 0.4) is 0 Å². The maximum atomic E-state index is 11.2. The molecule has 1 aliphatic carbocycles. The van der Waals surface area contributed by atoms with Gasteiger partial charge in [0.05, 0.1) is 0 Å². The minimum atomic E-state index is -0.971. The van der Waals surface area contributed by atoms with Crippen molar-refractivity contribution in [2.75, 3.05) is 0 Å². The fourth-order valence-corrected chi connectivity index (χ4v) is 3.62. The highest BCUT2D eigenvalue weighted by molar-refractivity contribution is 6.32. The number of aromatic carboxylic acids is 1. The number of halogens is 1. The lowest BCUT2D eigenvalue weighted by Crippen LogP contribution is -2.26. The number of hydrogen-bond donors (Lipinski definition) is 1. The molecule has 1 spiro atoms. The summed E-state index contributed by atoms with van der Waals surface area (Å²) < 4.78 is 1.82. The molecule has 0 atom stereocenters. The van der Waals surface area contributed by atoms with Crippen molar-refractivity contribution in [1.29, 1.82) is 0 Å². The van der Waals surface area contributed by atoms with Crippen molar-refractivity contribution in [1.82, 2.24) is 9.55 Å². The Hall–Kier alpha value is -1.03. The molecule has 0 aromatic carbocycles. The third-order valence-electron chi connectivity index (χ3n) is 4.15. The molecule has 5 heteroatoms. The topological polar surface area (TPSA) is 55.1 Å². The van der Waals surface area contributed by atoms with E-state index in [2.05, 4.69) is 4.98 Å². The Morgan fingerprint density at radius 2 is 2.06 bits per heavy atom. The number of fused-ring (bicyclic) bond motifs is 1. The van der Waals surface area contributed by atoms with Crippen LogP contribution < -0.4 is 0 Å². The molecule has 1 saturated carbocycles. The van der Waals surface area contributed by atoms with Crippen LogP contribution in [0, 0.1) is 5.41 Å². The van der Waals surface area contributed by atoms with Crippen LogP contribution >= 0.6 is 11.6 Å².